The monoisotopic (exact) mass is 265 g/mol. The van der Waals surface area contributed by atoms with E-state index in [2.05, 4.69) is 5.32 Å². The fourth-order valence-electron chi connectivity index (χ4n) is 2.57. The maximum atomic E-state index is 11.8. The van der Waals surface area contributed by atoms with E-state index in [0.29, 0.717) is 16.9 Å². The number of nitrogens with one attached hydrogen (secondary N) is 1. The summed E-state index contributed by atoms with van der Waals surface area (Å²) in [4.78, 5) is 11.8. The Bertz CT molecular complexity index is 492. The van der Waals surface area contributed by atoms with E-state index in [-0.39, 0.29) is 11.3 Å². The molecule has 1 aliphatic rings. The summed E-state index contributed by atoms with van der Waals surface area (Å²) in [6.45, 7) is 2.91. The van der Waals surface area contributed by atoms with Gasteiger partial charge in [0.25, 0.3) is 0 Å². The molecule has 0 saturated carbocycles. The first-order valence-corrected chi connectivity index (χ1v) is 6.26. The minimum atomic E-state index is -0.473. The summed E-state index contributed by atoms with van der Waals surface area (Å²) in [6, 6.07) is 3.12. The Morgan fingerprint density at radius 3 is 2.68 bits per heavy atom. The number of ether oxygens (including phenoxy) is 2. The van der Waals surface area contributed by atoms with E-state index >= 15 is 0 Å². The van der Waals surface area contributed by atoms with Crippen molar-refractivity contribution >= 4 is 5.97 Å². The minimum absolute atomic E-state index is 0.126. The third-order valence-electron chi connectivity index (χ3n) is 3.69. The van der Waals surface area contributed by atoms with Gasteiger partial charge in [-0.15, -0.1) is 0 Å². The Morgan fingerprint density at radius 2 is 2.16 bits per heavy atom. The second-order valence-corrected chi connectivity index (χ2v) is 4.92. The highest BCUT2D eigenvalue weighted by Crippen LogP contribution is 2.39. The fourth-order valence-corrected chi connectivity index (χ4v) is 2.57. The van der Waals surface area contributed by atoms with Crippen molar-refractivity contribution in [3.8, 4) is 11.5 Å². The number of phenols is 1. The van der Waals surface area contributed by atoms with Crippen LogP contribution in [0.15, 0.2) is 12.1 Å². The summed E-state index contributed by atoms with van der Waals surface area (Å²) in [5, 5.41) is 13.5. The molecule has 0 bridgehead atoms. The van der Waals surface area contributed by atoms with Crippen LogP contribution in [-0.4, -0.2) is 31.8 Å². The molecular formula is C14H19NO4. The molecule has 0 amide bonds. The van der Waals surface area contributed by atoms with Crippen LogP contribution in [0.25, 0.3) is 0 Å². The van der Waals surface area contributed by atoms with Crippen molar-refractivity contribution in [2.45, 2.75) is 25.3 Å². The number of phenolic OH excluding ortho intramolecular Hbond substituents is 1. The van der Waals surface area contributed by atoms with Crippen molar-refractivity contribution < 1.29 is 19.4 Å². The maximum Gasteiger partial charge on any atom is 0.341 e. The number of benzene rings is 1. The zero-order chi connectivity index (χ0) is 14.0. The lowest BCUT2D eigenvalue weighted by Gasteiger charge is -2.26. The molecule has 0 radical (unpaired) electrons. The van der Waals surface area contributed by atoms with Gasteiger partial charge in [0.15, 0.2) is 0 Å². The van der Waals surface area contributed by atoms with Crippen molar-refractivity contribution in [3.05, 3.63) is 23.3 Å². The average Bonchev–Trinajstić information content (AvgIpc) is 2.85. The molecule has 2 rings (SSSR count). The zero-order valence-electron chi connectivity index (χ0n) is 11.4. The van der Waals surface area contributed by atoms with Crippen LogP contribution in [0.4, 0.5) is 0 Å². The van der Waals surface area contributed by atoms with Gasteiger partial charge in [-0.25, -0.2) is 4.79 Å². The molecular weight excluding hydrogens is 246 g/mol. The van der Waals surface area contributed by atoms with Gasteiger partial charge in [-0.2, -0.15) is 0 Å². The Labute approximate surface area is 112 Å². The summed E-state index contributed by atoms with van der Waals surface area (Å²) in [7, 11) is 2.78. The summed E-state index contributed by atoms with van der Waals surface area (Å²) in [5.41, 5.74) is 0.706. The van der Waals surface area contributed by atoms with Gasteiger partial charge in [-0.05, 0) is 32.4 Å². The van der Waals surface area contributed by atoms with E-state index in [0.717, 1.165) is 19.4 Å². The SMILES string of the molecule is COC(=O)c1cc(C2(C)CCCN2)c(O)cc1OC. The highest BCUT2D eigenvalue weighted by atomic mass is 16.5. The predicted molar refractivity (Wildman–Crippen MR) is 70.6 cm³/mol. The molecule has 1 fully saturated rings. The molecule has 1 aromatic carbocycles. The van der Waals surface area contributed by atoms with E-state index in [4.69, 9.17) is 9.47 Å². The molecule has 5 nitrogen and oxygen atoms in total. The molecule has 1 heterocycles. The lowest BCUT2D eigenvalue weighted by atomic mass is 9.88. The first-order valence-electron chi connectivity index (χ1n) is 6.26. The van der Waals surface area contributed by atoms with Crippen LogP contribution in [-0.2, 0) is 10.3 Å². The Balaban J connectivity index is 2.53. The van der Waals surface area contributed by atoms with E-state index in [9.17, 15) is 9.90 Å². The van der Waals surface area contributed by atoms with Crippen LogP contribution in [0.3, 0.4) is 0 Å². The number of hydrogen-bond donors (Lipinski definition) is 2. The topological polar surface area (TPSA) is 67.8 Å². The highest BCUT2D eigenvalue weighted by Gasteiger charge is 2.34. The van der Waals surface area contributed by atoms with Gasteiger partial charge in [0.05, 0.1) is 14.2 Å². The van der Waals surface area contributed by atoms with Gasteiger partial charge in [0, 0.05) is 17.2 Å². The molecule has 1 aromatic rings. The van der Waals surface area contributed by atoms with Crippen LogP contribution in [0.2, 0.25) is 0 Å². The van der Waals surface area contributed by atoms with Crippen molar-refractivity contribution in [1.82, 2.24) is 5.32 Å². The van der Waals surface area contributed by atoms with Gasteiger partial charge in [0.2, 0.25) is 0 Å². The first kappa shape index (κ1) is 13.7. The van der Waals surface area contributed by atoms with Crippen LogP contribution in [0.1, 0.15) is 35.7 Å². The summed E-state index contributed by atoms with van der Waals surface area (Å²) in [6.07, 6.45) is 1.95. The molecule has 19 heavy (non-hydrogen) atoms. The molecule has 1 unspecified atom stereocenters. The third kappa shape index (κ3) is 2.38. The summed E-state index contributed by atoms with van der Waals surface area (Å²) < 4.78 is 9.87. The fraction of sp³-hybridized carbons (Fsp3) is 0.500. The lowest BCUT2D eigenvalue weighted by molar-refractivity contribution is 0.0597. The molecule has 1 saturated heterocycles. The Kier molecular flexibility index (Phi) is 3.66. The van der Waals surface area contributed by atoms with E-state index in [1.165, 1.54) is 20.3 Å². The quantitative estimate of drug-likeness (QED) is 0.815. The first-order chi connectivity index (χ1) is 9.01. The summed E-state index contributed by atoms with van der Waals surface area (Å²) >= 11 is 0. The number of methoxy groups -OCH3 is 2. The van der Waals surface area contributed by atoms with Gasteiger partial charge in [-0.3, -0.25) is 0 Å². The van der Waals surface area contributed by atoms with Gasteiger partial charge in [0.1, 0.15) is 17.1 Å². The Morgan fingerprint density at radius 1 is 1.42 bits per heavy atom. The molecule has 0 spiro atoms. The molecule has 2 N–H and O–H groups in total. The van der Waals surface area contributed by atoms with E-state index < -0.39 is 5.97 Å². The maximum absolute atomic E-state index is 11.8. The number of carbonyl (C=O) groups is 1. The molecule has 5 heteroatoms. The van der Waals surface area contributed by atoms with Crippen LogP contribution < -0.4 is 10.1 Å². The van der Waals surface area contributed by atoms with Crippen LogP contribution >= 0.6 is 0 Å². The van der Waals surface area contributed by atoms with Gasteiger partial charge in [-0.1, -0.05) is 0 Å². The summed E-state index contributed by atoms with van der Waals surface area (Å²) in [5.74, 6) is -0.0317. The molecule has 1 atom stereocenters. The number of rotatable bonds is 3. The third-order valence-corrected chi connectivity index (χ3v) is 3.69. The number of carbonyl (C=O) groups excluding carboxylic acids is 1. The predicted octanol–water partition coefficient (Wildman–Crippen LogP) is 1.79. The van der Waals surface area contributed by atoms with Crippen LogP contribution in [0.5, 0.6) is 11.5 Å². The van der Waals surface area contributed by atoms with Gasteiger partial charge >= 0.3 is 5.97 Å². The standard InChI is InChI=1S/C14H19NO4/c1-14(5-4-6-15-14)10-7-9(13(17)19-3)12(18-2)8-11(10)16/h7-8,15-16H,4-6H2,1-3H3. The number of aromatic hydroxyl groups is 1. The number of hydrogen-bond acceptors (Lipinski definition) is 5. The highest BCUT2D eigenvalue weighted by molar-refractivity contribution is 5.93. The number of esters is 1. The van der Waals surface area contributed by atoms with Crippen molar-refractivity contribution in [2.24, 2.45) is 0 Å². The average molecular weight is 265 g/mol. The molecule has 104 valence electrons. The largest absolute Gasteiger partial charge is 0.507 e. The van der Waals surface area contributed by atoms with Crippen molar-refractivity contribution in [3.63, 3.8) is 0 Å². The molecule has 0 aliphatic carbocycles. The zero-order valence-corrected chi connectivity index (χ0v) is 11.4. The van der Waals surface area contributed by atoms with Crippen molar-refractivity contribution in [2.75, 3.05) is 20.8 Å². The Hall–Kier alpha value is -1.75. The normalized spacial score (nSPS) is 22.3. The minimum Gasteiger partial charge on any atom is -0.507 e. The lowest BCUT2D eigenvalue weighted by Crippen LogP contribution is -2.33. The second kappa shape index (κ2) is 5.09. The smallest absolute Gasteiger partial charge is 0.341 e. The van der Waals surface area contributed by atoms with Gasteiger partial charge < -0.3 is 19.9 Å². The van der Waals surface area contributed by atoms with E-state index in [1.807, 2.05) is 6.92 Å². The van der Waals surface area contributed by atoms with Crippen molar-refractivity contribution in [1.29, 1.82) is 0 Å². The molecule has 1 aliphatic heterocycles. The second-order valence-electron chi connectivity index (χ2n) is 4.92. The van der Waals surface area contributed by atoms with E-state index in [1.54, 1.807) is 6.07 Å². The van der Waals surface area contributed by atoms with Crippen LogP contribution in [0, 0.1) is 0 Å². The molecule has 0 aromatic heterocycles.